The topological polar surface area (TPSA) is 32.3 Å². The fraction of sp³-hybridized carbons (Fsp3) is 0.333. The van der Waals surface area contributed by atoms with Gasteiger partial charge in [-0.05, 0) is 18.2 Å². The van der Waals surface area contributed by atoms with Gasteiger partial charge in [-0.15, -0.1) is 0 Å². The van der Waals surface area contributed by atoms with Crippen LogP contribution in [-0.4, -0.2) is 18.7 Å². The highest BCUT2D eigenvalue weighted by Crippen LogP contribution is 2.33. The molecule has 0 spiro atoms. The average Bonchev–Trinajstić information content (AvgIpc) is 2.49. The molecule has 0 aliphatic carbocycles. The van der Waals surface area contributed by atoms with Crippen molar-refractivity contribution in [1.29, 1.82) is 0 Å². The summed E-state index contributed by atoms with van der Waals surface area (Å²) in [5.41, 5.74) is 1.28. The van der Waals surface area contributed by atoms with Gasteiger partial charge in [0, 0.05) is 18.9 Å². The molecule has 0 saturated heterocycles. The van der Waals surface area contributed by atoms with Gasteiger partial charge in [-0.3, -0.25) is 0 Å². The Morgan fingerprint density at radius 3 is 2.10 bits per heavy atom. The van der Waals surface area contributed by atoms with E-state index in [0.29, 0.717) is 6.42 Å². The van der Waals surface area contributed by atoms with Gasteiger partial charge in [0.15, 0.2) is 0 Å². The van der Waals surface area contributed by atoms with Crippen molar-refractivity contribution < 1.29 is 5.11 Å². The molecule has 0 radical (unpaired) electrons. The van der Waals surface area contributed by atoms with Gasteiger partial charge in [0.25, 0.3) is 0 Å². The average molecular weight is 269 g/mol. The Labute approximate surface area is 121 Å². The van der Waals surface area contributed by atoms with E-state index in [-0.39, 0.29) is 5.92 Å². The van der Waals surface area contributed by atoms with E-state index in [9.17, 15) is 5.11 Å². The normalized spacial score (nSPS) is 15.6. The molecule has 0 saturated carbocycles. The molecule has 2 rings (SSSR count). The van der Waals surface area contributed by atoms with Crippen LogP contribution in [0.4, 0.5) is 0 Å². The lowest BCUT2D eigenvalue weighted by atomic mass is 9.78. The predicted molar refractivity (Wildman–Crippen MR) is 83.6 cm³/mol. The maximum atomic E-state index is 11.3. The molecule has 0 aromatic heterocycles. The third-order valence-corrected chi connectivity index (χ3v) is 3.92. The molecule has 106 valence electrons. The Morgan fingerprint density at radius 1 is 1.00 bits per heavy atom. The van der Waals surface area contributed by atoms with Gasteiger partial charge in [-0.2, -0.15) is 0 Å². The van der Waals surface area contributed by atoms with E-state index in [2.05, 4.69) is 24.4 Å². The summed E-state index contributed by atoms with van der Waals surface area (Å²) < 4.78 is 0. The summed E-state index contributed by atoms with van der Waals surface area (Å²) in [6.07, 6.45) is 0.626. The molecule has 2 aromatic rings. The van der Waals surface area contributed by atoms with Crippen LogP contribution in [0.15, 0.2) is 60.7 Å². The molecule has 2 nitrogen and oxygen atoms in total. The van der Waals surface area contributed by atoms with E-state index in [1.807, 2.05) is 55.6 Å². The number of aliphatic hydroxyl groups is 1. The van der Waals surface area contributed by atoms with E-state index in [0.717, 1.165) is 17.7 Å². The first kappa shape index (κ1) is 14.8. The van der Waals surface area contributed by atoms with Crippen molar-refractivity contribution >= 4 is 0 Å². The lowest BCUT2D eigenvalue weighted by Gasteiger charge is -2.35. The molecule has 0 amide bonds. The summed E-state index contributed by atoms with van der Waals surface area (Å²) in [6.45, 7) is 2.87. The standard InChI is InChI=1S/C18H23NO/c1-15(14-19-2)18(20,17-11-7-4-8-12-17)13-16-9-5-3-6-10-16/h3-12,15,19-20H,13-14H2,1-2H3/t15-,18-/m1/s1. The summed E-state index contributed by atoms with van der Waals surface area (Å²) in [7, 11) is 1.92. The highest BCUT2D eigenvalue weighted by Gasteiger charge is 2.35. The highest BCUT2D eigenvalue weighted by atomic mass is 16.3. The van der Waals surface area contributed by atoms with Crippen LogP contribution >= 0.6 is 0 Å². The minimum atomic E-state index is -0.856. The van der Waals surface area contributed by atoms with Crippen LogP contribution in [0, 0.1) is 5.92 Å². The minimum absolute atomic E-state index is 0.120. The van der Waals surface area contributed by atoms with Gasteiger partial charge in [0.2, 0.25) is 0 Å². The summed E-state index contributed by atoms with van der Waals surface area (Å²) in [5, 5.41) is 14.5. The molecule has 0 heterocycles. The van der Waals surface area contributed by atoms with Gasteiger partial charge in [0.05, 0.1) is 5.60 Å². The monoisotopic (exact) mass is 269 g/mol. The summed E-state index contributed by atoms with van der Waals surface area (Å²) in [6, 6.07) is 20.1. The van der Waals surface area contributed by atoms with Crippen molar-refractivity contribution in [3.63, 3.8) is 0 Å². The van der Waals surface area contributed by atoms with E-state index in [4.69, 9.17) is 0 Å². The third kappa shape index (κ3) is 3.27. The molecule has 0 fully saturated rings. The first-order valence-electron chi connectivity index (χ1n) is 7.13. The van der Waals surface area contributed by atoms with Gasteiger partial charge >= 0.3 is 0 Å². The summed E-state index contributed by atoms with van der Waals surface area (Å²) in [5.74, 6) is 0.120. The van der Waals surface area contributed by atoms with Crippen LogP contribution in [0.2, 0.25) is 0 Å². The van der Waals surface area contributed by atoms with Gasteiger partial charge in [-0.1, -0.05) is 67.6 Å². The fourth-order valence-electron chi connectivity index (χ4n) is 2.67. The van der Waals surface area contributed by atoms with Gasteiger partial charge < -0.3 is 10.4 Å². The van der Waals surface area contributed by atoms with Crippen LogP contribution in [0.1, 0.15) is 18.1 Å². The van der Waals surface area contributed by atoms with Crippen molar-refractivity contribution in [3.8, 4) is 0 Å². The van der Waals surface area contributed by atoms with Crippen LogP contribution in [-0.2, 0) is 12.0 Å². The van der Waals surface area contributed by atoms with E-state index >= 15 is 0 Å². The molecule has 2 aromatic carbocycles. The quantitative estimate of drug-likeness (QED) is 0.845. The highest BCUT2D eigenvalue weighted by molar-refractivity contribution is 5.27. The Hall–Kier alpha value is -1.64. The number of hydrogen-bond acceptors (Lipinski definition) is 2. The SMILES string of the molecule is CNC[C@@H](C)[C@](O)(Cc1ccccc1)c1ccccc1. The zero-order valence-corrected chi connectivity index (χ0v) is 12.2. The molecule has 0 unspecified atom stereocenters. The van der Waals surface area contributed by atoms with Crippen molar-refractivity contribution in [2.45, 2.75) is 18.9 Å². The van der Waals surface area contributed by atoms with Crippen molar-refractivity contribution in [3.05, 3.63) is 71.8 Å². The number of nitrogens with one attached hydrogen (secondary N) is 1. The minimum Gasteiger partial charge on any atom is -0.384 e. The lowest BCUT2D eigenvalue weighted by Crippen LogP contribution is -2.40. The van der Waals surface area contributed by atoms with Gasteiger partial charge in [-0.25, -0.2) is 0 Å². The second-order valence-electron chi connectivity index (χ2n) is 5.41. The van der Waals surface area contributed by atoms with Crippen molar-refractivity contribution in [2.75, 3.05) is 13.6 Å². The second kappa shape index (κ2) is 6.69. The molecule has 20 heavy (non-hydrogen) atoms. The van der Waals surface area contributed by atoms with Crippen LogP contribution in [0.3, 0.4) is 0 Å². The van der Waals surface area contributed by atoms with E-state index in [1.54, 1.807) is 0 Å². The largest absolute Gasteiger partial charge is 0.384 e. The third-order valence-electron chi connectivity index (χ3n) is 3.92. The second-order valence-corrected chi connectivity index (χ2v) is 5.41. The molecule has 0 aliphatic rings. The lowest BCUT2D eigenvalue weighted by molar-refractivity contribution is -0.0160. The zero-order valence-electron chi connectivity index (χ0n) is 12.2. The maximum absolute atomic E-state index is 11.3. The molecule has 2 N–H and O–H groups in total. The van der Waals surface area contributed by atoms with Crippen molar-refractivity contribution in [2.24, 2.45) is 5.92 Å². The molecule has 0 bridgehead atoms. The smallest absolute Gasteiger partial charge is 0.0974 e. The number of rotatable bonds is 6. The molecular formula is C18H23NO. The van der Waals surface area contributed by atoms with Crippen LogP contribution in [0.5, 0.6) is 0 Å². The fourth-order valence-corrected chi connectivity index (χ4v) is 2.67. The first-order valence-corrected chi connectivity index (χ1v) is 7.13. The molecule has 2 atom stereocenters. The first-order chi connectivity index (χ1) is 9.66. The number of hydrogen-bond donors (Lipinski definition) is 2. The Balaban J connectivity index is 2.34. The zero-order chi connectivity index (χ0) is 14.4. The van der Waals surface area contributed by atoms with Crippen LogP contribution < -0.4 is 5.32 Å². The molecule has 2 heteroatoms. The summed E-state index contributed by atoms with van der Waals surface area (Å²) >= 11 is 0. The predicted octanol–water partition coefficient (Wildman–Crippen LogP) is 2.97. The molecular weight excluding hydrogens is 246 g/mol. The van der Waals surface area contributed by atoms with E-state index in [1.165, 1.54) is 0 Å². The number of benzene rings is 2. The Kier molecular flexibility index (Phi) is 4.94. The van der Waals surface area contributed by atoms with Gasteiger partial charge in [0.1, 0.15) is 0 Å². The Bertz CT molecular complexity index is 511. The summed E-state index contributed by atoms with van der Waals surface area (Å²) in [4.78, 5) is 0. The maximum Gasteiger partial charge on any atom is 0.0974 e. The van der Waals surface area contributed by atoms with E-state index < -0.39 is 5.60 Å². The Morgan fingerprint density at radius 2 is 1.55 bits per heavy atom. The van der Waals surface area contributed by atoms with Crippen LogP contribution in [0.25, 0.3) is 0 Å². The molecule has 0 aliphatic heterocycles. The van der Waals surface area contributed by atoms with Crippen molar-refractivity contribution in [1.82, 2.24) is 5.32 Å².